The van der Waals surface area contributed by atoms with Crippen LogP contribution in [0.15, 0.2) is 36.4 Å². The van der Waals surface area contributed by atoms with Crippen LogP contribution in [0.2, 0.25) is 0 Å². The molecule has 0 heterocycles. The minimum absolute atomic E-state index is 0.898. The minimum atomic E-state index is -0.922. The van der Waals surface area contributed by atoms with Gasteiger partial charge in [-0.15, -0.1) is 0 Å². The third kappa shape index (κ3) is 10.3. The van der Waals surface area contributed by atoms with Gasteiger partial charge in [-0.2, -0.15) is 0 Å². The average Bonchev–Trinajstić information content (AvgIpc) is 2.33. The van der Waals surface area contributed by atoms with Gasteiger partial charge in [0, 0.05) is 20.3 Å². The number of carboxylic acid groups (broad SMARTS) is 1. The van der Waals surface area contributed by atoms with Gasteiger partial charge in [0.05, 0.1) is 0 Å². The minimum Gasteiger partial charge on any atom is -0.478 e. The molecule has 0 bridgehead atoms. The highest BCUT2D eigenvalue weighted by molar-refractivity contribution is 5.85. The maximum Gasteiger partial charge on any atom is 0.328 e. The monoisotopic (exact) mass is 212 g/mol. The van der Waals surface area contributed by atoms with Gasteiger partial charge in [0.1, 0.15) is 0 Å². The van der Waals surface area contributed by atoms with E-state index in [0.717, 1.165) is 25.9 Å². The van der Waals surface area contributed by atoms with E-state index in [0.29, 0.717) is 0 Å². The van der Waals surface area contributed by atoms with Gasteiger partial charge in [0.25, 0.3) is 0 Å². The number of carboxylic acids is 1. The van der Waals surface area contributed by atoms with Crippen molar-refractivity contribution in [2.24, 2.45) is 0 Å². The van der Waals surface area contributed by atoms with E-state index in [4.69, 9.17) is 15.3 Å². The van der Waals surface area contributed by atoms with Gasteiger partial charge in [-0.05, 0) is 11.6 Å². The molecule has 1 aromatic rings. The lowest BCUT2D eigenvalue weighted by molar-refractivity contribution is -0.131. The number of aliphatic hydroxyl groups is 2. The first-order valence-electron chi connectivity index (χ1n) is 4.14. The fraction of sp³-hybridized carbons (Fsp3) is 0.182. The fourth-order valence-electron chi connectivity index (χ4n) is 0.732. The number of rotatable bonds is 2. The summed E-state index contributed by atoms with van der Waals surface area (Å²) in [5.74, 6) is -0.922. The molecule has 0 saturated carbocycles. The van der Waals surface area contributed by atoms with Gasteiger partial charge < -0.3 is 15.3 Å². The molecule has 0 atom stereocenters. The molecular formula is C11H16O4. The Labute approximate surface area is 89.1 Å². The van der Waals surface area contributed by atoms with Crippen molar-refractivity contribution < 1.29 is 20.1 Å². The molecule has 0 amide bonds. The van der Waals surface area contributed by atoms with Crippen molar-refractivity contribution in [3.8, 4) is 0 Å². The number of hydrogen-bond donors (Lipinski definition) is 3. The number of hydrogen-bond acceptors (Lipinski definition) is 3. The lowest BCUT2D eigenvalue weighted by atomic mass is 10.2. The summed E-state index contributed by atoms with van der Waals surface area (Å²) in [6.45, 7) is 0. The Kier molecular flexibility index (Phi) is 13.0. The predicted octanol–water partition coefficient (Wildman–Crippen LogP) is 1.00. The second-order valence-electron chi connectivity index (χ2n) is 2.08. The van der Waals surface area contributed by atoms with Crippen molar-refractivity contribution in [3.63, 3.8) is 0 Å². The third-order valence-electron chi connectivity index (χ3n) is 1.22. The second kappa shape index (κ2) is 12.4. The molecule has 0 saturated heterocycles. The summed E-state index contributed by atoms with van der Waals surface area (Å²) in [5, 5.41) is 22.3. The van der Waals surface area contributed by atoms with E-state index < -0.39 is 5.97 Å². The van der Waals surface area contributed by atoms with E-state index in [1.54, 1.807) is 6.08 Å². The van der Waals surface area contributed by atoms with E-state index in [1.807, 2.05) is 30.3 Å². The zero-order valence-electron chi connectivity index (χ0n) is 8.79. The topological polar surface area (TPSA) is 77.8 Å². The van der Waals surface area contributed by atoms with Crippen LogP contribution in [0.1, 0.15) is 5.56 Å². The van der Waals surface area contributed by atoms with Crippen molar-refractivity contribution in [1.29, 1.82) is 0 Å². The molecule has 0 aliphatic rings. The normalized spacial score (nSPS) is 8.27. The highest BCUT2D eigenvalue weighted by Gasteiger charge is 1.85. The molecule has 0 fully saturated rings. The van der Waals surface area contributed by atoms with Crippen LogP contribution < -0.4 is 0 Å². The van der Waals surface area contributed by atoms with E-state index in [1.165, 1.54) is 0 Å². The highest BCUT2D eigenvalue weighted by atomic mass is 16.4. The Bertz CT molecular complexity index is 267. The number of carbonyl (C=O) groups is 1. The van der Waals surface area contributed by atoms with Crippen LogP contribution in [0.25, 0.3) is 6.08 Å². The Balaban J connectivity index is 0. The second-order valence-corrected chi connectivity index (χ2v) is 2.08. The molecule has 0 aliphatic heterocycles. The van der Waals surface area contributed by atoms with E-state index in [-0.39, 0.29) is 0 Å². The van der Waals surface area contributed by atoms with Gasteiger partial charge >= 0.3 is 5.97 Å². The summed E-state index contributed by atoms with van der Waals surface area (Å²) in [7, 11) is 2.00. The number of benzene rings is 1. The van der Waals surface area contributed by atoms with E-state index in [2.05, 4.69) is 0 Å². The molecule has 0 unspecified atom stereocenters. The first-order valence-corrected chi connectivity index (χ1v) is 4.14. The maximum atomic E-state index is 10.1. The zero-order valence-corrected chi connectivity index (χ0v) is 8.79. The van der Waals surface area contributed by atoms with Gasteiger partial charge in [-0.1, -0.05) is 30.3 Å². The average molecular weight is 212 g/mol. The highest BCUT2D eigenvalue weighted by Crippen LogP contribution is 1.99. The molecule has 0 radical (unpaired) electrons. The number of aliphatic carboxylic acids is 1. The molecular weight excluding hydrogens is 196 g/mol. The van der Waals surface area contributed by atoms with Crippen LogP contribution in [0, 0.1) is 0 Å². The molecule has 0 aliphatic carbocycles. The van der Waals surface area contributed by atoms with Gasteiger partial charge in [-0.3, -0.25) is 0 Å². The van der Waals surface area contributed by atoms with E-state index in [9.17, 15) is 4.79 Å². The van der Waals surface area contributed by atoms with Crippen LogP contribution in [0.5, 0.6) is 0 Å². The first-order chi connectivity index (χ1) is 7.29. The van der Waals surface area contributed by atoms with Gasteiger partial charge in [0.2, 0.25) is 0 Å². The Hall–Kier alpha value is -1.65. The fourth-order valence-corrected chi connectivity index (χ4v) is 0.732. The van der Waals surface area contributed by atoms with Crippen molar-refractivity contribution in [2.45, 2.75) is 0 Å². The summed E-state index contributed by atoms with van der Waals surface area (Å²) < 4.78 is 0. The summed E-state index contributed by atoms with van der Waals surface area (Å²) in [6.07, 6.45) is 2.68. The quantitative estimate of drug-likeness (QED) is 0.639. The zero-order chi connectivity index (χ0) is 12.1. The largest absolute Gasteiger partial charge is 0.478 e. The van der Waals surface area contributed by atoms with Crippen LogP contribution in [0.4, 0.5) is 0 Å². The van der Waals surface area contributed by atoms with Crippen LogP contribution >= 0.6 is 0 Å². The molecule has 1 rings (SSSR count). The van der Waals surface area contributed by atoms with Crippen molar-refractivity contribution in [2.75, 3.05) is 14.2 Å². The molecule has 3 N–H and O–H groups in total. The Morgan fingerprint density at radius 3 is 1.93 bits per heavy atom. The van der Waals surface area contributed by atoms with Gasteiger partial charge in [-0.25, -0.2) is 4.79 Å². The van der Waals surface area contributed by atoms with Crippen molar-refractivity contribution in [3.05, 3.63) is 42.0 Å². The molecule has 0 aromatic heterocycles. The van der Waals surface area contributed by atoms with Crippen LogP contribution in [-0.4, -0.2) is 35.5 Å². The molecule has 4 heteroatoms. The summed E-state index contributed by atoms with van der Waals surface area (Å²) in [6, 6.07) is 9.31. The lowest BCUT2D eigenvalue weighted by Crippen LogP contribution is -1.85. The lowest BCUT2D eigenvalue weighted by Gasteiger charge is -1.87. The maximum absolute atomic E-state index is 10.1. The summed E-state index contributed by atoms with van der Waals surface area (Å²) in [5.41, 5.74) is 0.898. The van der Waals surface area contributed by atoms with Crippen molar-refractivity contribution in [1.82, 2.24) is 0 Å². The van der Waals surface area contributed by atoms with Crippen LogP contribution in [0.3, 0.4) is 0 Å². The molecule has 84 valence electrons. The van der Waals surface area contributed by atoms with Crippen molar-refractivity contribution >= 4 is 12.0 Å². The SMILES string of the molecule is CO.CO.O=C(O)C=Cc1ccccc1. The standard InChI is InChI=1S/C9H8O2.2CH4O/c10-9(11)7-6-8-4-2-1-3-5-8;2*1-2/h1-7H,(H,10,11);2*2H,1H3. The molecule has 4 nitrogen and oxygen atoms in total. The first kappa shape index (κ1) is 15.8. The molecule has 1 aromatic carbocycles. The predicted molar refractivity (Wildman–Crippen MR) is 59.4 cm³/mol. The molecule has 15 heavy (non-hydrogen) atoms. The number of aliphatic hydroxyl groups excluding tert-OH is 2. The third-order valence-corrected chi connectivity index (χ3v) is 1.22. The Morgan fingerprint density at radius 1 is 1.07 bits per heavy atom. The molecule has 0 spiro atoms. The summed E-state index contributed by atoms with van der Waals surface area (Å²) >= 11 is 0. The summed E-state index contributed by atoms with van der Waals surface area (Å²) in [4.78, 5) is 10.1. The van der Waals surface area contributed by atoms with Gasteiger partial charge in [0.15, 0.2) is 0 Å². The van der Waals surface area contributed by atoms with E-state index >= 15 is 0 Å². The Morgan fingerprint density at radius 2 is 1.53 bits per heavy atom. The van der Waals surface area contributed by atoms with Crippen LogP contribution in [-0.2, 0) is 4.79 Å². The smallest absolute Gasteiger partial charge is 0.328 e.